The van der Waals surface area contributed by atoms with E-state index in [2.05, 4.69) is 15.9 Å². The molecule has 0 aliphatic carbocycles. The van der Waals surface area contributed by atoms with Crippen molar-refractivity contribution in [1.82, 2.24) is 0 Å². The quantitative estimate of drug-likeness (QED) is 0.303. The van der Waals surface area contributed by atoms with Gasteiger partial charge in [-0.05, 0) is 17.7 Å². The molecule has 0 spiro atoms. The summed E-state index contributed by atoms with van der Waals surface area (Å²) in [6.45, 7) is 4.61. The van der Waals surface area contributed by atoms with Crippen molar-refractivity contribution in [2.75, 3.05) is 7.11 Å². The number of methoxy groups -OCH3 is 1. The summed E-state index contributed by atoms with van der Waals surface area (Å²) in [6.07, 6.45) is -6.33. The van der Waals surface area contributed by atoms with E-state index in [0.717, 1.165) is 26.3 Å². The molecule has 5 atom stereocenters. The highest BCUT2D eigenvalue weighted by Crippen LogP contribution is 2.39. The maximum atomic E-state index is 11.9. The molecular formula is C21H25BrO10. The van der Waals surface area contributed by atoms with Crippen molar-refractivity contribution in [3.05, 3.63) is 29.3 Å². The minimum absolute atomic E-state index is 0.450. The number of esters is 4. The van der Waals surface area contributed by atoms with Gasteiger partial charge in [0.1, 0.15) is 11.9 Å². The second-order valence-corrected chi connectivity index (χ2v) is 7.52. The van der Waals surface area contributed by atoms with Crippen LogP contribution in [0.1, 0.15) is 44.9 Å². The Bertz CT molecular complexity index is 870. The van der Waals surface area contributed by atoms with Gasteiger partial charge in [0, 0.05) is 38.6 Å². The summed E-state index contributed by atoms with van der Waals surface area (Å²) in [4.78, 5) is 47.2. The van der Waals surface area contributed by atoms with Crippen molar-refractivity contribution in [1.29, 1.82) is 0 Å². The number of benzene rings is 1. The predicted octanol–water partition coefficient (Wildman–Crippen LogP) is 2.35. The van der Waals surface area contributed by atoms with Crippen molar-refractivity contribution in [3.8, 4) is 5.75 Å². The fourth-order valence-corrected chi connectivity index (χ4v) is 3.82. The van der Waals surface area contributed by atoms with Gasteiger partial charge in [0.2, 0.25) is 12.4 Å². The van der Waals surface area contributed by atoms with Gasteiger partial charge in [-0.3, -0.25) is 19.2 Å². The minimum Gasteiger partial charge on any atom is -0.496 e. The molecule has 1 aromatic carbocycles. The Labute approximate surface area is 193 Å². The van der Waals surface area contributed by atoms with Crippen molar-refractivity contribution >= 4 is 39.8 Å². The first-order valence-corrected chi connectivity index (χ1v) is 10.8. The molecular weight excluding hydrogens is 492 g/mol. The highest BCUT2D eigenvalue weighted by atomic mass is 79.9. The van der Waals surface area contributed by atoms with E-state index in [0.29, 0.717) is 16.6 Å². The third-order valence-electron chi connectivity index (χ3n) is 4.46. The predicted molar refractivity (Wildman–Crippen MR) is 112 cm³/mol. The first kappa shape index (κ1) is 25.6. The van der Waals surface area contributed by atoms with E-state index in [9.17, 15) is 19.2 Å². The van der Waals surface area contributed by atoms with E-state index >= 15 is 0 Å². The second-order valence-electron chi connectivity index (χ2n) is 6.96. The molecule has 1 aromatic rings. The SMILES string of the molecule is COc1ccc([C@@H]2OC(OC(C)=O)[C@@H](OC(C)=O)[C@H](OC(C)=O)[C@H]2OC(C)=O)cc1CBr. The molecule has 32 heavy (non-hydrogen) atoms. The smallest absolute Gasteiger partial charge is 0.305 e. The molecule has 1 heterocycles. The van der Waals surface area contributed by atoms with Crippen molar-refractivity contribution < 1.29 is 47.6 Å². The summed E-state index contributed by atoms with van der Waals surface area (Å²) in [7, 11) is 1.52. The van der Waals surface area contributed by atoms with Gasteiger partial charge in [0.25, 0.3) is 0 Å². The maximum Gasteiger partial charge on any atom is 0.305 e. The van der Waals surface area contributed by atoms with Crippen LogP contribution in [0.3, 0.4) is 0 Å². The van der Waals surface area contributed by atoms with Crippen LogP contribution >= 0.6 is 15.9 Å². The van der Waals surface area contributed by atoms with Crippen LogP contribution in [-0.2, 0) is 48.2 Å². The third-order valence-corrected chi connectivity index (χ3v) is 5.06. The molecule has 0 aromatic heterocycles. The molecule has 176 valence electrons. The van der Waals surface area contributed by atoms with Crippen LogP contribution in [0.15, 0.2) is 18.2 Å². The van der Waals surface area contributed by atoms with Crippen molar-refractivity contribution in [3.63, 3.8) is 0 Å². The molecule has 0 N–H and O–H groups in total. The molecule has 1 fully saturated rings. The first-order chi connectivity index (χ1) is 15.1. The summed E-state index contributed by atoms with van der Waals surface area (Å²) < 4.78 is 32.6. The van der Waals surface area contributed by atoms with E-state index in [4.69, 9.17) is 28.4 Å². The van der Waals surface area contributed by atoms with Gasteiger partial charge in [-0.1, -0.05) is 22.0 Å². The van der Waals surface area contributed by atoms with Crippen LogP contribution in [0.5, 0.6) is 5.75 Å². The zero-order valence-corrected chi connectivity index (χ0v) is 19.9. The zero-order chi connectivity index (χ0) is 24.0. The van der Waals surface area contributed by atoms with Crippen LogP contribution in [0.2, 0.25) is 0 Å². The number of carbonyl (C=O) groups is 4. The molecule has 1 unspecified atom stereocenters. The van der Waals surface area contributed by atoms with Gasteiger partial charge in [0.15, 0.2) is 12.2 Å². The highest BCUT2D eigenvalue weighted by molar-refractivity contribution is 9.08. The number of ether oxygens (including phenoxy) is 6. The van der Waals surface area contributed by atoms with Crippen molar-refractivity contribution in [2.45, 2.75) is 63.7 Å². The molecule has 0 bridgehead atoms. The van der Waals surface area contributed by atoms with Gasteiger partial charge in [-0.2, -0.15) is 0 Å². The van der Waals surface area contributed by atoms with Crippen LogP contribution < -0.4 is 4.74 Å². The minimum atomic E-state index is -1.42. The Hall–Kier alpha value is -2.66. The van der Waals surface area contributed by atoms with Gasteiger partial charge in [0.05, 0.1) is 7.11 Å². The highest BCUT2D eigenvalue weighted by Gasteiger charge is 2.53. The van der Waals surface area contributed by atoms with Gasteiger partial charge in [-0.25, -0.2) is 0 Å². The van der Waals surface area contributed by atoms with Crippen LogP contribution in [-0.4, -0.2) is 55.6 Å². The van der Waals surface area contributed by atoms with Crippen LogP contribution in [0.4, 0.5) is 0 Å². The Morgan fingerprint density at radius 3 is 1.88 bits per heavy atom. The number of hydrogen-bond donors (Lipinski definition) is 0. The topological polar surface area (TPSA) is 124 Å². The largest absolute Gasteiger partial charge is 0.496 e. The zero-order valence-electron chi connectivity index (χ0n) is 18.3. The normalized spacial score (nSPS) is 24.8. The Morgan fingerprint density at radius 1 is 0.844 bits per heavy atom. The molecule has 10 nitrogen and oxygen atoms in total. The number of halogens is 1. The Balaban J connectivity index is 2.61. The number of alkyl halides is 1. The van der Waals surface area contributed by atoms with E-state index in [1.807, 2.05) is 0 Å². The lowest BCUT2D eigenvalue weighted by Gasteiger charge is -2.44. The summed E-state index contributed by atoms with van der Waals surface area (Å²) in [5.41, 5.74) is 1.30. The summed E-state index contributed by atoms with van der Waals surface area (Å²) in [6, 6.07) is 5.12. The molecule has 1 saturated heterocycles. The third kappa shape index (κ3) is 6.42. The van der Waals surface area contributed by atoms with Gasteiger partial charge < -0.3 is 28.4 Å². The lowest BCUT2D eigenvalue weighted by molar-refractivity contribution is -0.298. The number of carbonyl (C=O) groups excluding carboxylic acids is 4. The van der Waals surface area contributed by atoms with E-state index in [1.54, 1.807) is 18.2 Å². The molecule has 11 heteroatoms. The molecule has 2 rings (SSSR count). The fraction of sp³-hybridized carbons (Fsp3) is 0.524. The molecule has 0 radical (unpaired) electrons. The summed E-state index contributed by atoms with van der Waals surface area (Å²) in [5.74, 6) is -2.24. The summed E-state index contributed by atoms with van der Waals surface area (Å²) in [5, 5.41) is 0.450. The Kier molecular flexibility index (Phi) is 9.02. The maximum absolute atomic E-state index is 11.9. The van der Waals surface area contributed by atoms with E-state index < -0.39 is 54.6 Å². The first-order valence-electron chi connectivity index (χ1n) is 9.64. The lowest BCUT2D eigenvalue weighted by atomic mass is 9.92. The molecule has 0 saturated carbocycles. The van der Waals surface area contributed by atoms with Crippen molar-refractivity contribution in [2.24, 2.45) is 0 Å². The number of rotatable bonds is 7. The Morgan fingerprint density at radius 2 is 1.38 bits per heavy atom. The molecule has 1 aliphatic rings. The van der Waals surface area contributed by atoms with E-state index in [1.165, 1.54) is 14.0 Å². The van der Waals surface area contributed by atoms with E-state index in [-0.39, 0.29) is 0 Å². The molecule has 0 amide bonds. The van der Waals surface area contributed by atoms with Crippen LogP contribution in [0, 0.1) is 0 Å². The summed E-state index contributed by atoms with van der Waals surface area (Å²) >= 11 is 3.39. The average Bonchev–Trinajstić information content (AvgIpc) is 2.70. The molecule has 1 aliphatic heterocycles. The van der Waals surface area contributed by atoms with Crippen LogP contribution in [0.25, 0.3) is 0 Å². The fourth-order valence-electron chi connectivity index (χ4n) is 3.38. The lowest BCUT2D eigenvalue weighted by Crippen LogP contribution is -2.59. The van der Waals surface area contributed by atoms with Gasteiger partial charge >= 0.3 is 23.9 Å². The monoisotopic (exact) mass is 516 g/mol. The second kappa shape index (κ2) is 11.3. The standard InChI is InChI=1S/C21H25BrO10/c1-10(23)28-18-17(14-6-7-16(27-5)15(8-14)9-22)32-21(31-13(4)26)20(30-12(3)25)19(18)29-11(2)24/h6-8,17-21H,9H2,1-5H3/t17-,18-,19+,20-,21?/m0/s1. The number of hydrogen-bond acceptors (Lipinski definition) is 10. The average molecular weight is 517 g/mol. The van der Waals surface area contributed by atoms with Gasteiger partial charge in [-0.15, -0.1) is 0 Å².